The summed E-state index contributed by atoms with van der Waals surface area (Å²) in [4.78, 5) is 0.821. The van der Waals surface area contributed by atoms with Gasteiger partial charge >= 0.3 is 0 Å². The molecule has 1 aromatic rings. The van der Waals surface area contributed by atoms with E-state index >= 15 is 0 Å². The first-order valence-corrected chi connectivity index (χ1v) is 7.29. The summed E-state index contributed by atoms with van der Waals surface area (Å²) in [6.45, 7) is 5.40. The minimum atomic E-state index is -1.12. The molecule has 0 aliphatic rings. The molecule has 0 aromatic heterocycles. The summed E-state index contributed by atoms with van der Waals surface area (Å²) in [5, 5.41) is 12.9. The number of benzene rings is 1. The lowest BCUT2D eigenvalue weighted by atomic mass is 10.2. The maximum absolute atomic E-state index is 12.0. The fourth-order valence-electron chi connectivity index (χ4n) is 1.58. The molecule has 0 saturated carbocycles. The number of aryl methyl sites for hydroxylation is 1. The van der Waals surface area contributed by atoms with Crippen molar-refractivity contribution in [2.75, 3.05) is 18.8 Å². The van der Waals surface area contributed by atoms with Crippen molar-refractivity contribution in [1.29, 1.82) is 0 Å². The topological polar surface area (TPSA) is 49.3 Å². The van der Waals surface area contributed by atoms with Gasteiger partial charge in [-0.2, -0.15) is 0 Å². The Hall–Kier alpha value is -0.710. The van der Waals surface area contributed by atoms with Gasteiger partial charge < -0.3 is 10.4 Å². The van der Waals surface area contributed by atoms with Crippen LogP contribution in [0.5, 0.6) is 0 Å². The quantitative estimate of drug-likeness (QED) is 0.725. The molecule has 4 heteroatoms. The zero-order chi connectivity index (χ0) is 12.7. The molecule has 0 radical (unpaired) electrons. The Kier molecular flexibility index (Phi) is 6.40. The van der Waals surface area contributed by atoms with E-state index in [1.54, 1.807) is 0 Å². The molecule has 2 atom stereocenters. The maximum atomic E-state index is 12.0. The predicted octanol–water partition coefficient (Wildman–Crippen LogP) is 1.46. The lowest BCUT2D eigenvalue weighted by molar-refractivity contribution is 0.195. The van der Waals surface area contributed by atoms with Crippen LogP contribution < -0.4 is 5.32 Å². The Morgan fingerprint density at radius 3 is 2.76 bits per heavy atom. The molecular formula is C13H21NO2S. The molecule has 3 nitrogen and oxygen atoms in total. The van der Waals surface area contributed by atoms with Gasteiger partial charge in [-0.05, 0) is 31.5 Å². The molecule has 1 rings (SSSR count). The van der Waals surface area contributed by atoms with E-state index in [-0.39, 0.29) is 0 Å². The van der Waals surface area contributed by atoms with E-state index in [0.717, 1.165) is 23.4 Å². The van der Waals surface area contributed by atoms with Crippen LogP contribution in [0.1, 0.15) is 18.9 Å². The minimum absolute atomic E-state index is 0.293. The third kappa shape index (κ3) is 4.98. The summed E-state index contributed by atoms with van der Waals surface area (Å²) < 4.78 is 12.0. The molecule has 0 saturated heterocycles. The molecule has 0 bridgehead atoms. The Bertz CT molecular complexity index is 368. The fourth-order valence-corrected chi connectivity index (χ4v) is 2.89. The highest BCUT2D eigenvalue weighted by molar-refractivity contribution is 7.85. The van der Waals surface area contributed by atoms with E-state index < -0.39 is 16.9 Å². The number of rotatable bonds is 7. The fraction of sp³-hybridized carbons (Fsp3) is 0.538. The van der Waals surface area contributed by atoms with Crippen molar-refractivity contribution in [3.63, 3.8) is 0 Å². The van der Waals surface area contributed by atoms with Crippen LogP contribution in [-0.2, 0) is 10.8 Å². The minimum Gasteiger partial charge on any atom is -0.391 e. The molecule has 96 valence electrons. The average Bonchev–Trinajstić information content (AvgIpc) is 2.29. The highest BCUT2D eigenvalue weighted by Gasteiger charge is 2.12. The Morgan fingerprint density at radius 2 is 2.12 bits per heavy atom. The van der Waals surface area contributed by atoms with E-state index in [0.29, 0.717) is 12.3 Å². The zero-order valence-corrected chi connectivity index (χ0v) is 11.3. The van der Waals surface area contributed by atoms with E-state index in [2.05, 4.69) is 12.2 Å². The molecule has 17 heavy (non-hydrogen) atoms. The maximum Gasteiger partial charge on any atom is 0.0783 e. The molecule has 0 fully saturated rings. The first-order valence-electron chi connectivity index (χ1n) is 5.98. The summed E-state index contributed by atoms with van der Waals surface area (Å²) in [7, 11) is -1.12. The van der Waals surface area contributed by atoms with Crippen molar-refractivity contribution in [3.8, 4) is 0 Å². The van der Waals surface area contributed by atoms with Gasteiger partial charge in [-0.25, -0.2) is 0 Å². The second-order valence-electron chi connectivity index (χ2n) is 4.14. The third-order valence-corrected chi connectivity index (χ3v) is 4.13. The monoisotopic (exact) mass is 255 g/mol. The van der Waals surface area contributed by atoms with E-state index in [1.807, 2.05) is 31.2 Å². The van der Waals surface area contributed by atoms with Gasteiger partial charge in [0.2, 0.25) is 0 Å². The summed E-state index contributed by atoms with van der Waals surface area (Å²) >= 11 is 0. The highest BCUT2D eigenvalue weighted by Crippen LogP contribution is 2.12. The third-order valence-electron chi connectivity index (χ3n) is 2.49. The van der Waals surface area contributed by atoms with Crippen molar-refractivity contribution >= 4 is 10.8 Å². The zero-order valence-electron chi connectivity index (χ0n) is 10.5. The number of nitrogens with one attached hydrogen (secondary N) is 1. The van der Waals surface area contributed by atoms with Crippen LogP contribution in [-0.4, -0.2) is 34.3 Å². The van der Waals surface area contributed by atoms with Crippen LogP contribution in [0.3, 0.4) is 0 Å². The molecule has 1 aromatic carbocycles. The second kappa shape index (κ2) is 7.58. The molecule has 0 heterocycles. The summed E-state index contributed by atoms with van der Waals surface area (Å²) in [6, 6.07) is 7.60. The van der Waals surface area contributed by atoms with Crippen LogP contribution >= 0.6 is 0 Å². The predicted molar refractivity (Wildman–Crippen MR) is 71.6 cm³/mol. The van der Waals surface area contributed by atoms with Gasteiger partial charge in [0.15, 0.2) is 0 Å². The van der Waals surface area contributed by atoms with Gasteiger partial charge in [0.1, 0.15) is 0 Å². The standard InChI is InChI=1S/C13H21NO2S/c1-3-8-14-9-12(15)10-17(16)13-7-5-4-6-11(13)2/h4-7,12,14-15H,3,8-10H2,1-2H3. The van der Waals surface area contributed by atoms with Gasteiger partial charge in [0.05, 0.1) is 22.7 Å². The van der Waals surface area contributed by atoms with E-state index in [9.17, 15) is 9.32 Å². The Balaban J connectivity index is 2.46. The van der Waals surface area contributed by atoms with E-state index in [1.165, 1.54) is 0 Å². The summed E-state index contributed by atoms with van der Waals surface area (Å²) in [5.74, 6) is 0.293. The van der Waals surface area contributed by atoms with Crippen LogP contribution in [0, 0.1) is 6.92 Å². The van der Waals surface area contributed by atoms with Gasteiger partial charge in [-0.3, -0.25) is 4.21 Å². The van der Waals surface area contributed by atoms with Gasteiger partial charge in [0, 0.05) is 11.4 Å². The first kappa shape index (κ1) is 14.4. The van der Waals surface area contributed by atoms with Gasteiger partial charge in [-0.15, -0.1) is 0 Å². The van der Waals surface area contributed by atoms with Gasteiger partial charge in [0.25, 0.3) is 0 Å². The van der Waals surface area contributed by atoms with Crippen molar-refractivity contribution in [3.05, 3.63) is 29.8 Å². The second-order valence-corrected chi connectivity index (χ2v) is 5.60. The Morgan fingerprint density at radius 1 is 1.41 bits per heavy atom. The molecule has 0 spiro atoms. The number of hydrogen-bond acceptors (Lipinski definition) is 3. The molecular weight excluding hydrogens is 234 g/mol. The van der Waals surface area contributed by atoms with Gasteiger partial charge in [-0.1, -0.05) is 25.1 Å². The van der Waals surface area contributed by atoms with Crippen LogP contribution in [0.25, 0.3) is 0 Å². The van der Waals surface area contributed by atoms with Crippen molar-refractivity contribution in [2.45, 2.75) is 31.3 Å². The summed E-state index contributed by atoms with van der Waals surface area (Å²) in [5.41, 5.74) is 1.01. The normalized spacial score (nSPS) is 14.5. The first-order chi connectivity index (χ1) is 8.15. The van der Waals surface area contributed by atoms with Crippen LogP contribution in [0.2, 0.25) is 0 Å². The number of hydrogen-bond donors (Lipinski definition) is 2. The molecule has 0 aliphatic heterocycles. The number of aliphatic hydroxyl groups excluding tert-OH is 1. The molecule has 0 aliphatic carbocycles. The van der Waals surface area contributed by atoms with E-state index in [4.69, 9.17) is 0 Å². The van der Waals surface area contributed by atoms with Crippen LogP contribution in [0.4, 0.5) is 0 Å². The van der Waals surface area contributed by atoms with Crippen molar-refractivity contribution in [1.82, 2.24) is 5.32 Å². The Labute approximate surface area is 106 Å². The van der Waals surface area contributed by atoms with Crippen molar-refractivity contribution in [2.24, 2.45) is 0 Å². The largest absolute Gasteiger partial charge is 0.391 e. The van der Waals surface area contributed by atoms with Crippen LogP contribution in [0.15, 0.2) is 29.2 Å². The summed E-state index contributed by atoms with van der Waals surface area (Å²) in [6.07, 6.45) is 0.482. The number of aliphatic hydroxyl groups is 1. The molecule has 2 unspecified atom stereocenters. The lowest BCUT2D eigenvalue weighted by Gasteiger charge is -2.12. The average molecular weight is 255 g/mol. The highest BCUT2D eigenvalue weighted by atomic mass is 32.2. The molecule has 0 amide bonds. The SMILES string of the molecule is CCCNCC(O)CS(=O)c1ccccc1C. The smallest absolute Gasteiger partial charge is 0.0783 e. The van der Waals surface area contributed by atoms with Crippen molar-refractivity contribution < 1.29 is 9.32 Å². The molecule has 2 N–H and O–H groups in total. The lowest BCUT2D eigenvalue weighted by Crippen LogP contribution is -2.31.